The van der Waals surface area contributed by atoms with Crippen LogP contribution in [0.25, 0.3) is 0 Å². The molecule has 1 aliphatic heterocycles. The van der Waals surface area contributed by atoms with Crippen molar-refractivity contribution in [2.24, 2.45) is 0 Å². The van der Waals surface area contributed by atoms with Crippen molar-refractivity contribution < 1.29 is 5.32 Å². The number of benzene rings is 1. The number of piperidine rings is 1. The molecule has 16 heavy (non-hydrogen) atoms. The van der Waals surface area contributed by atoms with Crippen LogP contribution < -0.4 is 10.6 Å². The smallest absolute Gasteiger partial charge is 0.101 e. The molecule has 3 nitrogen and oxygen atoms in total. The van der Waals surface area contributed by atoms with Crippen LogP contribution in [0.5, 0.6) is 0 Å². The van der Waals surface area contributed by atoms with E-state index in [-0.39, 0.29) is 0 Å². The maximum atomic E-state index is 8.77. The first-order valence-corrected chi connectivity index (χ1v) is 5.95. The summed E-state index contributed by atoms with van der Waals surface area (Å²) >= 11 is 5.98. The largest absolute Gasteiger partial charge is 0.382 e. The highest BCUT2D eigenvalue weighted by molar-refractivity contribution is 6.32. The van der Waals surface area contributed by atoms with Crippen molar-refractivity contribution in [1.82, 2.24) is 0 Å². The van der Waals surface area contributed by atoms with E-state index in [0.29, 0.717) is 16.6 Å². The molecular weight excluding hydrogens is 222 g/mol. The zero-order valence-electron chi connectivity index (χ0n) is 9.04. The van der Waals surface area contributed by atoms with Crippen molar-refractivity contribution in [2.45, 2.75) is 18.9 Å². The third-order valence-corrected chi connectivity index (χ3v) is 3.21. The van der Waals surface area contributed by atoms with Gasteiger partial charge in [0.1, 0.15) is 6.07 Å². The van der Waals surface area contributed by atoms with Gasteiger partial charge in [0.05, 0.1) is 23.7 Å². The van der Waals surface area contributed by atoms with Crippen molar-refractivity contribution in [3.05, 3.63) is 28.8 Å². The number of hydrogen-bond donors (Lipinski definition) is 2. The summed E-state index contributed by atoms with van der Waals surface area (Å²) in [6.07, 6.45) is 2.36. The highest BCUT2D eigenvalue weighted by atomic mass is 35.5. The molecule has 0 unspecified atom stereocenters. The zero-order chi connectivity index (χ0) is 11.4. The summed E-state index contributed by atoms with van der Waals surface area (Å²) in [6.45, 7) is 2.36. The fraction of sp³-hybridized carbons (Fsp3) is 0.417. The highest BCUT2D eigenvalue weighted by Crippen LogP contribution is 2.21. The molecule has 0 aliphatic carbocycles. The van der Waals surface area contributed by atoms with E-state index >= 15 is 0 Å². The molecule has 0 aromatic heterocycles. The van der Waals surface area contributed by atoms with Crippen molar-refractivity contribution in [3.8, 4) is 6.07 Å². The van der Waals surface area contributed by atoms with Crippen LogP contribution in [-0.4, -0.2) is 19.1 Å². The molecule has 3 N–H and O–H groups in total. The molecule has 0 atom stereocenters. The van der Waals surface area contributed by atoms with Crippen LogP contribution in [0.3, 0.4) is 0 Å². The molecule has 1 aliphatic rings. The summed E-state index contributed by atoms with van der Waals surface area (Å²) in [5.74, 6) is 0. The monoisotopic (exact) mass is 236 g/mol. The van der Waals surface area contributed by atoms with Crippen LogP contribution in [0.1, 0.15) is 18.4 Å². The first kappa shape index (κ1) is 11.3. The molecule has 1 saturated heterocycles. The van der Waals surface area contributed by atoms with Gasteiger partial charge in [-0.2, -0.15) is 5.26 Å². The average molecular weight is 237 g/mol. The van der Waals surface area contributed by atoms with E-state index in [9.17, 15) is 0 Å². The molecule has 1 aromatic rings. The third-order valence-electron chi connectivity index (χ3n) is 2.90. The second-order valence-corrected chi connectivity index (χ2v) is 4.50. The van der Waals surface area contributed by atoms with Gasteiger partial charge in [0, 0.05) is 24.6 Å². The van der Waals surface area contributed by atoms with Crippen LogP contribution in [0.4, 0.5) is 5.69 Å². The van der Waals surface area contributed by atoms with Crippen molar-refractivity contribution in [2.75, 3.05) is 18.4 Å². The third kappa shape index (κ3) is 2.66. The fourth-order valence-electron chi connectivity index (χ4n) is 2.00. The van der Waals surface area contributed by atoms with E-state index < -0.39 is 0 Å². The summed E-state index contributed by atoms with van der Waals surface area (Å²) in [7, 11) is 0. The second-order valence-electron chi connectivity index (χ2n) is 4.09. The minimum atomic E-state index is 0.523. The molecular formula is C12H15ClN3+. The summed E-state index contributed by atoms with van der Waals surface area (Å²) < 4.78 is 0. The van der Waals surface area contributed by atoms with Gasteiger partial charge in [-0.15, -0.1) is 0 Å². The molecule has 1 heterocycles. The molecule has 0 spiro atoms. The lowest BCUT2D eigenvalue weighted by Crippen LogP contribution is -2.87. The molecule has 0 amide bonds. The molecule has 0 bridgehead atoms. The maximum Gasteiger partial charge on any atom is 0.101 e. The Balaban J connectivity index is 2.04. The number of halogens is 1. The topological polar surface area (TPSA) is 52.4 Å². The number of quaternary nitrogens is 1. The summed E-state index contributed by atoms with van der Waals surface area (Å²) in [6, 6.07) is 8.11. The van der Waals surface area contributed by atoms with E-state index in [4.69, 9.17) is 16.9 Å². The van der Waals surface area contributed by atoms with Gasteiger partial charge in [-0.25, -0.2) is 0 Å². The Kier molecular flexibility index (Phi) is 3.66. The van der Waals surface area contributed by atoms with Gasteiger partial charge in [-0.1, -0.05) is 11.6 Å². The Morgan fingerprint density at radius 2 is 2.12 bits per heavy atom. The number of nitrogens with zero attached hydrogens (tertiary/aromatic N) is 1. The molecule has 4 heteroatoms. The van der Waals surface area contributed by atoms with Gasteiger partial charge < -0.3 is 10.6 Å². The van der Waals surface area contributed by atoms with E-state index in [0.717, 1.165) is 5.69 Å². The molecule has 2 rings (SSSR count). The minimum absolute atomic E-state index is 0.523. The van der Waals surface area contributed by atoms with Crippen LogP contribution in [0, 0.1) is 11.3 Å². The Labute approximate surface area is 100 Å². The van der Waals surface area contributed by atoms with Crippen molar-refractivity contribution in [1.29, 1.82) is 5.26 Å². The average Bonchev–Trinajstić information content (AvgIpc) is 2.31. The van der Waals surface area contributed by atoms with E-state index in [1.807, 2.05) is 12.1 Å². The highest BCUT2D eigenvalue weighted by Gasteiger charge is 2.15. The van der Waals surface area contributed by atoms with Gasteiger partial charge in [0.2, 0.25) is 0 Å². The predicted molar refractivity (Wildman–Crippen MR) is 64.5 cm³/mol. The lowest BCUT2D eigenvalue weighted by molar-refractivity contribution is -0.662. The first-order valence-electron chi connectivity index (χ1n) is 5.57. The lowest BCUT2D eigenvalue weighted by atomic mass is 10.1. The quantitative estimate of drug-likeness (QED) is 0.815. The summed E-state index contributed by atoms with van der Waals surface area (Å²) in [5, 5.41) is 15.1. The van der Waals surface area contributed by atoms with E-state index in [2.05, 4.69) is 16.7 Å². The first-order chi connectivity index (χ1) is 7.79. The molecule has 84 valence electrons. The Morgan fingerprint density at radius 3 is 2.75 bits per heavy atom. The van der Waals surface area contributed by atoms with E-state index in [1.54, 1.807) is 6.07 Å². The Morgan fingerprint density at radius 1 is 1.38 bits per heavy atom. The van der Waals surface area contributed by atoms with E-state index in [1.165, 1.54) is 25.9 Å². The van der Waals surface area contributed by atoms with Crippen LogP contribution >= 0.6 is 11.6 Å². The zero-order valence-corrected chi connectivity index (χ0v) is 9.80. The number of rotatable bonds is 2. The standard InChI is InChI=1S/C12H14ClN3/c13-12-7-11(2-1-9(12)8-14)16-10-3-5-15-6-4-10/h1-2,7,10,15-16H,3-6H2/p+1. The SMILES string of the molecule is N#Cc1ccc(NC2CC[NH2+]CC2)cc1Cl. The molecule has 1 aromatic carbocycles. The number of nitrogens with two attached hydrogens (primary N) is 1. The number of hydrogen-bond acceptors (Lipinski definition) is 2. The van der Waals surface area contributed by atoms with Gasteiger partial charge in [0.25, 0.3) is 0 Å². The van der Waals surface area contributed by atoms with Gasteiger partial charge in [-0.3, -0.25) is 0 Å². The van der Waals surface area contributed by atoms with Crippen LogP contribution in [0.2, 0.25) is 5.02 Å². The number of anilines is 1. The normalized spacial score (nSPS) is 16.8. The molecule has 0 saturated carbocycles. The predicted octanol–water partition coefficient (Wildman–Crippen LogP) is 1.35. The second kappa shape index (κ2) is 5.20. The van der Waals surface area contributed by atoms with Gasteiger partial charge >= 0.3 is 0 Å². The van der Waals surface area contributed by atoms with Gasteiger partial charge in [0.15, 0.2) is 0 Å². The van der Waals surface area contributed by atoms with Gasteiger partial charge in [-0.05, 0) is 18.2 Å². The summed E-state index contributed by atoms with van der Waals surface area (Å²) in [5.41, 5.74) is 1.54. The van der Waals surface area contributed by atoms with Crippen LogP contribution in [0.15, 0.2) is 18.2 Å². The Bertz CT molecular complexity index is 405. The number of nitriles is 1. The number of nitrogens with one attached hydrogen (secondary N) is 1. The fourth-order valence-corrected chi connectivity index (χ4v) is 2.23. The van der Waals surface area contributed by atoms with Crippen molar-refractivity contribution >= 4 is 17.3 Å². The van der Waals surface area contributed by atoms with Crippen molar-refractivity contribution in [3.63, 3.8) is 0 Å². The maximum absolute atomic E-state index is 8.77. The summed E-state index contributed by atoms with van der Waals surface area (Å²) in [4.78, 5) is 0. The molecule has 1 fully saturated rings. The molecule has 0 radical (unpaired) electrons. The Hall–Kier alpha value is -1.24. The van der Waals surface area contributed by atoms with Crippen LogP contribution in [-0.2, 0) is 0 Å². The minimum Gasteiger partial charge on any atom is -0.382 e. The lowest BCUT2D eigenvalue weighted by Gasteiger charge is -2.22.